The Kier molecular flexibility index (Phi) is 5.58. The van der Waals surface area contributed by atoms with E-state index in [9.17, 15) is 15.0 Å². The summed E-state index contributed by atoms with van der Waals surface area (Å²) in [5, 5.41) is 22.3. The molecule has 1 amide bonds. The van der Waals surface area contributed by atoms with Crippen LogP contribution in [0.15, 0.2) is 22.7 Å². The number of hydrogen-bond acceptors (Lipinski definition) is 4. The van der Waals surface area contributed by atoms with Gasteiger partial charge in [-0.2, -0.15) is 0 Å². The first kappa shape index (κ1) is 14.9. The molecule has 0 aliphatic rings. The largest absolute Gasteiger partial charge is 0.496 e. The second-order valence-corrected chi connectivity index (χ2v) is 4.75. The number of rotatable bonds is 5. The number of aliphatic hydroxyl groups excluding tert-OH is 2. The number of carbonyl (C=O) groups is 1. The summed E-state index contributed by atoms with van der Waals surface area (Å²) >= 11 is 3.29. The Balaban J connectivity index is 2.84. The maximum Gasteiger partial charge on any atom is 0.216 e. The van der Waals surface area contributed by atoms with Crippen LogP contribution >= 0.6 is 15.9 Å². The quantitative estimate of drug-likeness (QED) is 0.756. The van der Waals surface area contributed by atoms with Crippen LogP contribution < -0.4 is 10.1 Å². The van der Waals surface area contributed by atoms with E-state index in [2.05, 4.69) is 21.2 Å². The van der Waals surface area contributed by atoms with Gasteiger partial charge in [-0.1, -0.05) is 15.9 Å². The molecule has 1 aromatic rings. The fraction of sp³-hybridized carbons (Fsp3) is 0.417. The van der Waals surface area contributed by atoms with E-state index in [4.69, 9.17) is 4.74 Å². The fourth-order valence-electron chi connectivity index (χ4n) is 1.50. The molecule has 100 valence electrons. The summed E-state index contributed by atoms with van der Waals surface area (Å²) in [6.07, 6.45) is -2.23. The first-order valence-corrected chi connectivity index (χ1v) is 6.19. The third kappa shape index (κ3) is 3.97. The molecule has 0 bridgehead atoms. The average molecular weight is 318 g/mol. The molecule has 0 heterocycles. The SMILES string of the molecule is COc1ccc(Br)cc1C(O)C(O)CNC(C)=O. The van der Waals surface area contributed by atoms with Crippen molar-refractivity contribution in [2.24, 2.45) is 0 Å². The van der Waals surface area contributed by atoms with E-state index in [-0.39, 0.29) is 12.5 Å². The van der Waals surface area contributed by atoms with Crippen molar-refractivity contribution in [1.29, 1.82) is 0 Å². The molecule has 0 saturated carbocycles. The Labute approximate surface area is 114 Å². The molecule has 18 heavy (non-hydrogen) atoms. The molecule has 3 N–H and O–H groups in total. The Hall–Kier alpha value is -1.11. The van der Waals surface area contributed by atoms with Crippen molar-refractivity contribution in [3.63, 3.8) is 0 Å². The molecular weight excluding hydrogens is 302 g/mol. The van der Waals surface area contributed by atoms with Crippen LogP contribution in [0.3, 0.4) is 0 Å². The molecule has 0 radical (unpaired) electrons. The summed E-state index contributed by atoms with van der Waals surface area (Å²) < 4.78 is 5.89. The molecule has 0 aliphatic heterocycles. The van der Waals surface area contributed by atoms with Crippen LogP contribution in [0.25, 0.3) is 0 Å². The average Bonchev–Trinajstić information content (AvgIpc) is 2.34. The smallest absolute Gasteiger partial charge is 0.216 e. The lowest BCUT2D eigenvalue weighted by Crippen LogP contribution is -2.34. The van der Waals surface area contributed by atoms with Crippen LogP contribution in [0, 0.1) is 0 Å². The maximum absolute atomic E-state index is 10.7. The Bertz CT molecular complexity index is 425. The predicted molar refractivity (Wildman–Crippen MR) is 70.3 cm³/mol. The van der Waals surface area contributed by atoms with Gasteiger partial charge in [-0.25, -0.2) is 0 Å². The first-order valence-electron chi connectivity index (χ1n) is 5.39. The number of methoxy groups -OCH3 is 1. The van der Waals surface area contributed by atoms with Gasteiger partial charge in [-0.3, -0.25) is 4.79 Å². The van der Waals surface area contributed by atoms with Crippen molar-refractivity contribution in [1.82, 2.24) is 5.32 Å². The second-order valence-electron chi connectivity index (χ2n) is 3.84. The monoisotopic (exact) mass is 317 g/mol. The molecule has 0 spiro atoms. The van der Waals surface area contributed by atoms with Gasteiger partial charge in [0.1, 0.15) is 18.0 Å². The van der Waals surface area contributed by atoms with Crippen molar-refractivity contribution in [2.45, 2.75) is 19.1 Å². The Morgan fingerprint density at radius 3 is 2.72 bits per heavy atom. The maximum atomic E-state index is 10.7. The number of halogens is 1. The summed E-state index contributed by atoms with van der Waals surface area (Å²) in [7, 11) is 1.49. The lowest BCUT2D eigenvalue weighted by molar-refractivity contribution is -0.119. The number of carbonyl (C=O) groups excluding carboxylic acids is 1. The Morgan fingerprint density at radius 1 is 1.50 bits per heavy atom. The highest BCUT2D eigenvalue weighted by Gasteiger charge is 2.22. The fourth-order valence-corrected chi connectivity index (χ4v) is 1.88. The number of ether oxygens (including phenoxy) is 1. The van der Waals surface area contributed by atoms with Gasteiger partial charge in [-0.05, 0) is 18.2 Å². The summed E-state index contributed by atoms with van der Waals surface area (Å²) in [4.78, 5) is 10.7. The molecule has 0 aromatic heterocycles. The van der Waals surface area contributed by atoms with Gasteiger partial charge < -0.3 is 20.3 Å². The van der Waals surface area contributed by atoms with Crippen LogP contribution in [0.1, 0.15) is 18.6 Å². The number of hydrogen-bond donors (Lipinski definition) is 3. The topological polar surface area (TPSA) is 78.8 Å². The van der Waals surface area contributed by atoms with Gasteiger partial charge in [-0.15, -0.1) is 0 Å². The summed E-state index contributed by atoms with van der Waals surface area (Å²) in [6.45, 7) is 1.32. The minimum Gasteiger partial charge on any atom is -0.496 e. The first-order chi connectivity index (χ1) is 8.45. The lowest BCUT2D eigenvalue weighted by atomic mass is 10.0. The zero-order valence-corrected chi connectivity index (χ0v) is 11.8. The van der Waals surface area contributed by atoms with E-state index in [0.717, 1.165) is 4.47 Å². The van der Waals surface area contributed by atoms with Gasteiger partial charge in [0.15, 0.2) is 0 Å². The van der Waals surface area contributed by atoms with Crippen molar-refractivity contribution in [2.75, 3.05) is 13.7 Å². The molecule has 2 unspecified atom stereocenters. The third-order valence-electron chi connectivity index (χ3n) is 2.44. The van der Waals surface area contributed by atoms with Crippen molar-refractivity contribution < 1.29 is 19.7 Å². The Morgan fingerprint density at radius 2 is 2.17 bits per heavy atom. The van der Waals surface area contributed by atoms with Crippen LogP contribution in [0.5, 0.6) is 5.75 Å². The van der Waals surface area contributed by atoms with E-state index in [1.807, 2.05) is 0 Å². The van der Waals surface area contributed by atoms with Crippen LogP contribution in [-0.4, -0.2) is 35.9 Å². The normalized spacial score (nSPS) is 13.8. The molecule has 1 aromatic carbocycles. The van der Waals surface area contributed by atoms with Gasteiger partial charge in [0, 0.05) is 23.5 Å². The highest BCUT2D eigenvalue weighted by Crippen LogP contribution is 2.30. The molecule has 0 saturated heterocycles. The second kappa shape index (κ2) is 6.72. The van der Waals surface area contributed by atoms with Crippen molar-refractivity contribution in [3.05, 3.63) is 28.2 Å². The van der Waals surface area contributed by atoms with E-state index < -0.39 is 12.2 Å². The molecule has 0 fully saturated rings. The van der Waals surface area contributed by atoms with Crippen molar-refractivity contribution in [3.8, 4) is 5.75 Å². The summed E-state index contributed by atoms with van der Waals surface area (Å²) in [5.74, 6) is 0.218. The van der Waals surface area contributed by atoms with E-state index >= 15 is 0 Å². The van der Waals surface area contributed by atoms with E-state index in [1.54, 1.807) is 18.2 Å². The third-order valence-corrected chi connectivity index (χ3v) is 2.93. The van der Waals surface area contributed by atoms with Crippen LogP contribution in [-0.2, 0) is 4.79 Å². The highest BCUT2D eigenvalue weighted by atomic mass is 79.9. The number of aliphatic hydroxyl groups is 2. The zero-order chi connectivity index (χ0) is 13.7. The number of nitrogens with one attached hydrogen (secondary N) is 1. The van der Waals surface area contributed by atoms with Gasteiger partial charge in [0.25, 0.3) is 0 Å². The highest BCUT2D eigenvalue weighted by molar-refractivity contribution is 9.10. The minimum absolute atomic E-state index is 0.0217. The van der Waals surface area contributed by atoms with E-state index in [1.165, 1.54) is 14.0 Å². The number of benzene rings is 1. The van der Waals surface area contributed by atoms with Crippen LogP contribution in [0.2, 0.25) is 0 Å². The predicted octanol–water partition coefficient (Wildman–Crippen LogP) is 0.988. The van der Waals surface area contributed by atoms with Crippen molar-refractivity contribution >= 4 is 21.8 Å². The molecule has 2 atom stereocenters. The molecule has 0 aliphatic carbocycles. The zero-order valence-electron chi connectivity index (χ0n) is 10.2. The van der Waals surface area contributed by atoms with Crippen LogP contribution in [0.4, 0.5) is 0 Å². The summed E-state index contributed by atoms with van der Waals surface area (Å²) in [6, 6.07) is 5.13. The minimum atomic E-state index is -1.13. The van der Waals surface area contributed by atoms with E-state index in [0.29, 0.717) is 11.3 Å². The summed E-state index contributed by atoms with van der Waals surface area (Å²) in [5.41, 5.74) is 0.463. The molecular formula is C12H16BrNO4. The standard InChI is InChI=1S/C12H16BrNO4/c1-7(15)14-6-10(16)12(17)9-5-8(13)3-4-11(9)18-2/h3-5,10,12,16-17H,6H2,1-2H3,(H,14,15). The van der Waals surface area contributed by atoms with Gasteiger partial charge in [0.05, 0.1) is 7.11 Å². The molecule has 6 heteroatoms. The van der Waals surface area contributed by atoms with Gasteiger partial charge in [0.2, 0.25) is 5.91 Å². The van der Waals surface area contributed by atoms with Gasteiger partial charge >= 0.3 is 0 Å². The number of amides is 1. The molecule has 1 rings (SSSR count). The lowest BCUT2D eigenvalue weighted by Gasteiger charge is -2.20. The molecule has 5 nitrogen and oxygen atoms in total.